The van der Waals surface area contributed by atoms with Crippen molar-refractivity contribution in [3.63, 3.8) is 0 Å². The molecule has 1 saturated heterocycles. The first-order valence-corrected chi connectivity index (χ1v) is 7.50. The van der Waals surface area contributed by atoms with E-state index < -0.39 is 30.0 Å². The second-order valence-electron chi connectivity index (χ2n) is 6.38. The summed E-state index contributed by atoms with van der Waals surface area (Å²) in [6, 6.07) is 5.05. The molecule has 0 N–H and O–H groups in total. The summed E-state index contributed by atoms with van der Waals surface area (Å²) in [7, 11) is 0. The lowest BCUT2D eigenvalue weighted by atomic mass is 10.2. The fourth-order valence-corrected chi connectivity index (χ4v) is 2.33. The number of hydrogen-bond acceptors (Lipinski definition) is 5. The molecule has 1 aromatic rings. The molecule has 23 heavy (non-hydrogen) atoms. The van der Waals surface area contributed by atoms with E-state index in [0.29, 0.717) is 19.4 Å². The van der Waals surface area contributed by atoms with Gasteiger partial charge in [0.15, 0.2) is 0 Å². The Morgan fingerprint density at radius 3 is 2.52 bits per heavy atom. The van der Waals surface area contributed by atoms with Crippen LogP contribution in [0.3, 0.4) is 0 Å². The Morgan fingerprint density at radius 2 is 1.96 bits per heavy atom. The smallest absolute Gasteiger partial charge is 0.411 e. The van der Waals surface area contributed by atoms with E-state index in [0.717, 1.165) is 0 Å². The third kappa shape index (κ3) is 4.55. The van der Waals surface area contributed by atoms with Crippen molar-refractivity contribution in [1.29, 1.82) is 0 Å². The monoisotopic (exact) mass is 320 g/mol. The molecule has 6 heteroatoms. The van der Waals surface area contributed by atoms with Crippen LogP contribution in [0.25, 0.3) is 0 Å². The molecule has 124 valence electrons. The first-order valence-electron chi connectivity index (χ1n) is 8.00. The van der Waals surface area contributed by atoms with E-state index in [1.807, 2.05) is 0 Å². The molecule has 0 unspecified atom stereocenters. The van der Waals surface area contributed by atoms with Gasteiger partial charge in [-0.25, -0.2) is 9.59 Å². The van der Waals surface area contributed by atoms with Crippen molar-refractivity contribution >= 4 is 18.3 Å². The van der Waals surface area contributed by atoms with E-state index in [-0.39, 0.29) is 11.3 Å². The quantitative estimate of drug-likeness (QED) is 0.486. The summed E-state index contributed by atoms with van der Waals surface area (Å²) >= 11 is 0. The van der Waals surface area contributed by atoms with E-state index in [9.17, 15) is 14.4 Å². The van der Waals surface area contributed by atoms with Crippen LogP contribution < -0.4 is 4.74 Å². The van der Waals surface area contributed by atoms with E-state index in [1.54, 1.807) is 20.8 Å². The van der Waals surface area contributed by atoms with Gasteiger partial charge in [-0.05, 0) is 57.9 Å². The van der Waals surface area contributed by atoms with Gasteiger partial charge in [-0.3, -0.25) is 9.69 Å². The van der Waals surface area contributed by atoms with Gasteiger partial charge in [0, 0.05) is 12.1 Å². The molecule has 1 fully saturated rings. The summed E-state index contributed by atoms with van der Waals surface area (Å²) in [4.78, 5) is 36.8. The van der Waals surface area contributed by atoms with Crippen molar-refractivity contribution in [3.8, 4) is 5.75 Å². The lowest BCUT2D eigenvalue weighted by molar-refractivity contribution is -0.139. The zero-order valence-corrected chi connectivity index (χ0v) is 13.5. The molecule has 1 aromatic carbocycles. The highest BCUT2D eigenvalue weighted by atomic mass is 16.6. The minimum absolute atomic E-state index is 0.214. The zero-order chi connectivity index (χ0) is 17.9. The minimum atomic E-state index is -0.806. The molecule has 0 aromatic heterocycles. The highest BCUT2D eigenvalue weighted by Gasteiger charge is 2.37. The first kappa shape index (κ1) is 15.5. The zero-order valence-electron chi connectivity index (χ0n) is 14.5. The van der Waals surface area contributed by atoms with Crippen molar-refractivity contribution in [1.82, 2.24) is 4.90 Å². The van der Waals surface area contributed by atoms with E-state index in [4.69, 9.17) is 10.8 Å². The number of likely N-dealkylation sites (tertiary alicyclic amines) is 1. The maximum Gasteiger partial charge on any atom is 0.411 e. The number of aldehydes is 1. The molecule has 0 bridgehead atoms. The molecule has 0 spiro atoms. The first-order chi connectivity index (χ1) is 11.2. The number of esters is 1. The SMILES string of the molecule is [2H]C(=O)c1ccc(OC(=O)[C@@H]2CCCN2C(=O)OC(C)(C)C)cc1. The van der Waals surface area contributed by atoms with Crippen LogP contribution in [0.5, 0.6) is 5.75 Å². The summed E-state index contributed by atoms with van der Waals surface area (Å²) < 4.78 is 17.6. The molecule has 6 nitrogen and oxygen atoms in total. The van der Waals surface area contributed by atoms with Crippen LogP contribution in [0, 0.1) is 0 Å². The maximum absolute atomic E-state index is 12.3. The molecule has 1 amide bonds. The number of hydrogen-bond donors (Lipinski definition) is 0. The number of rotatable bonds is 3. The van der Waals surface area contributed by atoms with Crippen molar-refractivity contribution in [2.75, 3.05) is 6.54 Å². The van der Waals surface area contributed by atoms with Gasteiger partial charge in [-0.1, -0.05) is 0 Å². The Bertz CT molecular complexity index is 635. The Hall–Kier alpha value is -2.37. The lowest BCUT2D eigenvalue weighted by Gasteiger charge is -2.27. The lowest BCUT2D eigenvalue weighted by Crippen LogP contribution is -2.44. The highest BCUT2D eigenvalue weighted by molar-refractivity contribution is 5.84. The molecule has 0 radical (unpaired) electrons. The van der Waals surface area contributed by atoms with Crippen molar-refractivity contribution < 1.29 is 25.2 Å². The molecule has 1 aliphatic rings. The summed E-state index contributed by atoms with van der Waals surface area (Å²) in [5.41, 5.74) is -0.418. The topological polar surface area (TPSA) is 72.9 Å². The highest BCUT2D eigenvalue weighted by Crippen LogP contribution is 2.23. The van der Waals surface area contributed by atoms with Crippen molar-refractivity contribution in [2.24, 2.45) is 0 Å². The third-order valence-corrected chi connectivity index (χ3v) is 3.34. The van der Waals surface area contributed by atoms with E-state index in [2.05, 4.69) is 0 Å². The van der Waals surface area contributed by atoms with Gasteiger partial charge in [0.25, 0.3) is 0 Å². The van der Waals surface area contributed by atoms with Gasteiger partial charge in [0.2, 0.25) is 0 Å². The normalized spacial score (nSPS) is 18.3. The molecular formula is C17H21NO5. The largest absolute Gasteiger partial charge is 0.444 e. The fourth-order valence-electron chi connectivity index (χ4n) is 2.33. The average molecular weight is 320 g/mol. The van der Waals surface area contributed by atoms with Crippen LogP contribution in [0.1, 0.15) is 45.3 Å². The van der Waals surface area contributed by atoms with Crippen LogP contribution in [0.2, 0.25) is 0 Å². The molecule has 1 heterocycles. The van der Waals surface area contributed by atoms with Gasteiger partial charge in [0.1, 0.15) is 25.0 Å². The van der Waals surface area contributed by atoms with Crippen molar-refractivity contribution in [2.45, 2.75) is 45.3 Å². The standard InChI is InChI=1S/C17H21NO5/c1-17(2,3)23-16(21)18-10-4-5-14(18)15(20)22-13-8-6-12(11-19)7-9-13/h6-9,11,14H,4-5,10H2,1-3H3/t14-/m0/s1/i11D. The van der Waals surface area contributed by atoms with E-state index >= 15 is 0 Å². The number of nitrogens with zero attached hydrogens (tertiary/aromatic N) is 1. The summed E-state index contributed by atoms with van der Waals surface area (Å²) in [5, 5.41) is 0. The Labute approximate surface area is 136 Å². The van der Waals surface area contributed by atoms with Gasteiger partial charge in [-0.15, -0.1) is 0 Å². The fraction of sp³-hybridized carbons (Fsp3) is 0.471. The number of ether oxygens (including phenoxy) is 2. The van der Waals surface area contributed by atoms with Crippen LogP contribution >= 0.6 is 0 Å². The van der Waals surface area contributed by atoms with Gasteiger partial charge in [-0.2, -0.15) is 0 Å². The molecule has 0 saturated carbocycles. The van der Waals surface area contributed by atoms with E-state index in [1.165, 1.54) is 29.2 Å². The average Bonchev–Trinajstić information content (AvgIpc) is 2.95. The predicted molar refractivity (Wildman–Crippen MR) is 83.4 cm³/mol. The summed E-state index contributed by atoms with van der Waals surface area (Å²) in [6.45, 7) is 5.75. The second kappa shape index (κ2) is 6.81. The van der Waals surface area contributed by atoms with Gasteiger partial charge < -0.3 is 9.47 Å². The van der Waals surface area contributed by atoms with Crippen LogP contribution in [0.4, 0.5) is 4.79 Å². The minimum Gasteiger partial charge on any atom is -0.444 e. The number of amides is 1. The van der Waals surface area contributed by atoms with Crippen LogP contribution in [-0.2, 0) is 9.53 Å². The maximum atomic E-state index is 12.3. The molecule has 1 atom stereocenters. The summed E-state index contributed by atoms with van der Waals surface area (Å²) in [6.07, 6.45) is -0.121. The number of benzene rings is 1. The van der Waals surface area contributed by atoms with Gasteiger partial charge in [0.05, 0.1) is 0 Å². The molecule has 2 rings (SSSR count). The molecular weight excluding hydrogens is 298 g/mol. The Morgan fingerprint density at radius 1 is 1.30 bits per heavy atom. The number of carbonyl (C=O) groups is 3. The molecule has 0 aliphatic carbocycles. The van der Waals surface area contributed by atoms with Crippen LogP contribution in [-0.4, -0.2) is 41.4 Å². The number of carbonyl (C=O) groups excluding carboxylic acids is 3. The predicted octanol–water partition coefficient (Wildman–Crippen LogP) is 2.80. The third-order valence-electron chi connectivity index (χ3n) is 3.34. The summed E-state index contributed by atoms with van der Waals surface area (Å²) in [5.74, 6) is -0.274. The van der Waals surface area contributed by atoms with Crippen LogP contribution in [0.15, 0.2) is 24.3 Å². The second-order valence-corrected chi connectivity index (χ2v) is 6.38. The Kier molecular flexibility index (Phi) is 4.60. The molecule has 1 aliphatic heterocycles. The van der Waals surface area contributed by atoms with Crippen molar-refractivity contribution in [3.05, 3.63) is 29.8 Å². The van der Waals surface area contributed by atoms with Gasteiger partial charge >= 0.3 is 12.1 Å². The Balaban J connectivity index is 2.02.